The molecule has 1 rings (SSSR count). The van der Waals surface area contributed by atoms with Gasteiger partial charge in [-0.2, -0.15) is 5.26 Å². The van der Waals surface area contributed by atoms with E-state index in [0.29, 0.717) is 5.01 Å². The van der Waals surface area contributed by atoms with Gasteiger partial charge in [0.2, 0.25) is 0 Å². The molecule has 60 valence electrons. The van der Waals surface area contributed by atoms with Crippen LogP contribution in [0.15, 0.2) is 5.38 Å². The maximum absolute atomic E-state index is 9.51. The molecule has 0 amide bonds. The van der Waals surface area contributed by atoms with E-state index in [9.17, 15) is 5.11 Å². The van der Waals surface area contributed by atoms with E-state index < -0.39 is 5.60 Å². The molecule has 0 saturated heterocycles. The Hall–Kier alpha value is -1.36. The molecule has 0 saturated carbocycles. The molecule has 1 aromatic heterocycles. The normalized spacial score (nSPS) is 14.3. The van der Waals surface area contributed by atoms with Crippen LogP contribution in [0.2, 0.25) is 0 Å². The van der Waals surface area contributed by atoms with Crippen molar-refractivity contribution in [2.45, 2.75) is 12.5 Å². The first-order valence-electron chi connectivity index (χ1n) is 3.16. The van der Waals surface area contributed by atoms with Gasteiger partial charge < -0.3 is 5.11 Å². The maximum atomic E-state index is 9.51. The fourth-order valence-electron chi connectivity index (χ4n) is 0.610. The zero-order valence-corrected chi connectivity index (χ0v) is 7.22. The van der Waals surface area contributed by atoms with Crippen LogP contribution in [-0.4, -0.2) is 10.1 Å². The third kappa shape index (κ3) is 1.45. The van der Waals surface area contributed by atoms with E-state index in [1.165, 1.54) is 18.3 Å². The van der Waals surface area contributed by atoms with Crippen LogP contribution < -0.4 is 0 Å². The van der Waals surface area contributed by atoms with E-state index in [1.54, 1.807) is 5.38 Å². The lowest BCUT2D eigenvalue weighted by atomic mass is 10.1. The van der Waals surface area contributed by atoms with E-state index in [4.69, 9.17) is 11.7 Å². The number of aliphatic hydroxyl groups is 1. The summed E-state index contributed by atoms with van der Waals surface area (Å²) in [6, 6.07) is 1.86. The molecule has 0 bridgehead atoms. The lowest BCUT2D eigenvalue weighted by Crippen LogP contribution is -2.17. The molecule has 1 aromatic rings. The molecule has 0 aliphatic carbocycles. The Kier molecular flexibility index (Phi) is 2.14. The number of hydrogen-bond donors (Lipinski definition) is 1. The topological polar surface area (TPSA) is 56.9 Å². The minimum atomic E-state index is -1.36. The number of terminal acetylenes is 1. The van der Waals surface area contributed by atoms with Crippen molar-refractivity contribution >= 4 is 11.3 Å². The molecule has 1 heterocycles. The van der Waals surface area contributed by atoms with E-state index in [1.807, 2.05) is 6.07 Å². The SMILES string of the molecule is C#CC(C)(O)c1nc(C#N)cs1. The van der Waals surface area contributed by atoms with Gasteiger partial charge in [-0.1, -0.05) is 5.92 Å². The van der Waals surface area contributed by atoms with Gasteiger partial charge in [0.15, 0.2) is 11.3 Å². The maximum Gasteiger partial charge on any atom is 0.174 e. The van der Waals surface area contributed by atoms with Crippen molar-refractivity contribution in [3.63, 3.8) is 0 Å². The number of nitrogens with zero attached hydrogens (tertiary/aromatic N) is 2. The van der Waals surface area contributed by atoms with Crippen LogP contribution in [0.1, 0.15) is 17.6 Å². The Labute approximate surface area is 74.3 Å². The van der Waals surface area contributed by atoms with Crippen LogP contribution in [0.5, 0.6) is 0 Å². The third-order valence-electron chi connectivity index (χ3n) is 1.32. The van der Waals surface area contributed by atoms with Crippen LogP contribution in [0, 0.1) is 23.7 Å². The number of nitriles is 1. The van der Waals surface area contributed by atoms with Gasteiger partial charge in [0, 0.05) is 5.38 Å². The summed E-state index contributed by atoms with van der Waals surface area (Å²) >= 11 is 1.18. The molecule has 4 heteroatoms. The van der Waals surface area contributed by atoms with Gasteiger partial charge in [-0.15, -0.1) is 17.8 Å². The standard InChI is InChI=1S/C8H6N2OS/c1-3-8(2,11)7-10-6(4-9)5-12-7/h1,5,11H,2H3. The molecule has 0 aliphatic heterocycles. The van der Waals surface area contributed by atoms with Crippen LogP contribution in [0.3, 0.4) is 0 Å². The summed E-state index contributed by atoms with van der Waals surface area (Å²) in [5.74, 6) is 2.19. The Morgan fingerprint density at radius 3 is 2.92 bits per heavy atom. The summed E-state index contributed by atoms with van der Waals surface area (Å²) in [4.78, 5) is 3.84. The summed E-state index contributed by atoms with van der Waals surface area (Å²) in [5.41, 5.74) is -1.08. The molecule has 0 radical (unpaired) electrons. The molecule has 1 atom stereocenters. The van der Waals surface area contributed by atoms with E-state index in [0.717, 1.165) is 0 Å². The van der Waals surface area contributed by atoms with Gasteiger partial charge in [0.25, 0.3) is 0 Å². The predicted molar refractivity (Wildman–Crippen MR) is 45.2 cm³/mol. The third-order valence-corrected chi connectivity index (χ3v) is 2.37. The first kappa shape index (κ1) is 8.73. The minimum Gasteiger partial charge on any atom is -0.371 e. The molecular weight excluding hydrogens is 172 g/mol. The molecule has 12 heavy (non-hydrogen) atoms. The zero-order chi connectivity index (χ0) is 9.19. The summed E-state index contributed by atoms with van der Waals surface area (Å²) < 4.78 is 0. The van der Waals surface area contributed by atoms with E-state index in [2.05, 4.69) is 10.9 Å². The van der Waals surface area contributed by atoms with Gasteiger partial charge in [-0.25, -0.2) is 4.98 Å². The van der Waals surface area contributed by atoms with Crippen LogP contribution in [0.4, 0.5) is 0 Å². The molecule has 1 N–H and O–H groups in total. The average Bonchev–Trinajstić information content (AvgIpc) is 2.52. The van der Waals surface area contributed by atoms with Gasteiger partial charge in [0.1, 0.15) is 11.1 Å². The number of hydrogen-bond acceptors (Lipinski definition) is 4. The monoisotopic (exact) mass is 178 g/mol. The van der Waals surface area contributed by atoms with Crippen molar-refractivity contribution in [3.05, 3.63) is 16.1 Å². The largest absolute Gasteiger partial charge is 0.371 e. The fourth-order valence-corrected chi connectivity index (χ4v) is 1.38. The van der Waals surface area contributed by atoms with Crippen molar-refractivity contribution in [2.24, 2.45) is 0 Å². The Morgan fingerprint density at radius 2 is 2.50 bits per heavy atom. The molecule has 3 nitrogen and oxygen atoms in total. The average molecular weight is 178 g/mol. The quantitative estimate of drug-likeness (QED) is 0.649. The first-order valence-corrected chi connectivity index (χ1v) is 4.04. The van der Waals surface area contributed by atoms with Crippen LogP contribution in [-0.2, 0) is 5.60 Å². The predicted octanol–water partition coefficient (Wildman–Crippen LogP) is 0.855. The van der Waals surface area contributed by atoms with Gasteiger partial charge >= 0.3 is 0 Å². The summed E-state index contributed by atoms with van der Waals surface area (Å²) in [6.45, 7) is 1.47. The van der Waals surface area contributed by atoms with Gasteiger partial charge in [0.05, 0.1) is 0 Å². The summed E-state index contributed by atoms with van der Waals surface area (Å²) in [7, 11) is 0. The fraction of sp³-hybridized carbons (Fsp3) is 0.250. The van der Waals surface area contributed by atoms with Crippen molar-refractivity contribution in [1.82, 2.24) is 4.98 Å². The second-order valence-electron chi connectivity index (χ2n) is 2.37. The van der Waals surface area contributed by atoms with E-state index >= 15 is 0 Å². The lowest BCUT2D eigenvalue weighted by Gasteiger charge is -2.10. The minimum absolute atomic E-state index is 0.283. The highest BCUT2D eigenvalue weighted by atomic mass is 32.1. The van der Waals surface area contributed by atoms with E-state index in [-0.39, 0.29) is 5.69 Å². The second-order valence-corrected chi connectivity index (χ2v) is 3.22. The molecule has 0 aromatic carbocycles. The second kappa shape index (κ2) is 2.94. The van der Waals surface area contributed by atoms with Gasteiger partial charge in [-0.05, 0) is 6.92 Å². The zero-order valence-electron chi connectivity index (χ0n) is 6.40. The highest BCUT2D eigenvalue weighted by Crippen LogP contribution is 2.22. The highest BCUT2D eigenvalue weighted by Gasteiger charge is 2.23. The van der Waals surface area contributed by atoms with Crippen molar-refractivity contribution in [2.75, 3.05) is 0 Å². The van der Waals surface area contributed by atoms with Crippen molar-refractivity contribution < 1.29 is 5.11 Å². The molecular formula is C8H6N2OS. The number of thiazole rings is 1. The smallest absolute Gasteiger partial charge is 0.174 e. The Balaban J connectivity index is 3.08. The molecule has 1 unspecified atom stereocenters. The number of rotatable bonds is 1. The molecule has 0 aliphatic rings. The highest BCUT2D eigenvalue weighted by molar-refractivity contribution is 7.09. The van der Waals surface area contributed by atoms with Crippen LogP contribution in [0.25, 0.3) is 0 Å². The van der Waals surface area contributed by atoms with Crippen molar-refractivity contribution in [3.8, 4) is 18.4 Å². The Morgan fingerprint density at radius 1 is 1.83 bits per heavy atom. The first-order chi connectivity index (χ1) is 5.60. The van der Waals surface area contributed by atoms with Gasteiger partial charge in [-0.3, -0.25) is 0 Å². The lowest BCUT2D eigenvalue weighted by molar-refractivity contribution is 0.122. The molecule has 0 spiro atoms. The van der Waals surface area contributed by atoms with Crippen LogP contribution >= 0.6 is 11.3 Å². The van der Waals surface area contributed by atoms with Crippen molar-refractivity contribution in [1.29, 1.82) is 5.26 Å². The Bertz CT molecular complexity index is 367. The number of aromatic nitrogens is 1. The molecule has 0 fully saturated rings. The summed E-state index contributed by atoms with van der Waals surface area (Å²) in [5, 5.41) is 19.9. The summed E-state index contributed by atoms with van der Waals surface area (Å²) in [6.07, 6.45) is 5.07.